The molecule has 1 atom stereocenters. The Morgan fingerprint density at radius 2 is 1.70 bits per heavy atom. The van der Waals surface area contributed by atoms with Crippen molar-refractivity contribution in [3.63, 3.8) is 0 Å². The van der Waals surface area contributed by atoms with Crippen molar-refractivity contribution in [2.45, 2.75) is 19.4 Å². The fraction of sp³-hybridized carbons (Fsp3) is 0.250. The molecular weight excluding hydrogens is 368 g/mol. The summed E-state index contributed by atoms with van der Waals surface area (Å²) < 4.78 is 0. The SMILES string of the molecule is CCN(CC(=O)O)C(=O)CC(NC(=O)c1ccccc1Cl)c1ccccc1. The number of likely N-dealkylation sites (N-methyl/N-ethyl adjacent to an activating group) is 1. The number of halogens is 1. The third kappa shape index (κ3) is 5.82. The first-order valence-electron chi connectivity index (χ1n) is 8.52. The second-order valence-corrected chi connectivity index (χ2v) is 6.33. The fourth-order valence-electron chi connectivity index (χ4n) is 2.66. The Balaban J connectivity index is 2.22. The highest BCUT2D eigenvalue weighted by Crippen LogP contribution is 2.21. The zero-order valence-electron chi connectivity index (χ0n) is 14.9. The molecule has 2 rings (SSSR count). The van der Waals surface area contributed by atoms with Crippen molar-refractivity contribution >= 4 is 29.4 Å². The molecule has 2 aromatic carbocycles. The summed E-state index contributed by atoms with van der Waals surface area (Å²) in [6.07, 6.45) is -0.0542. The zero-order chi connectivity index (χ0) is 19.8. The summed E-state index contributed by atoms with van der Waals surface area (Å²) >= 11 is 6.08. The lowest BCUT2D eigenvalue weighted by Gasteiger charge is -2.24. The van der Waals surface area contributed by atoms with Gasteiger partial charge < -0.3 is 15.3 Å². The van der Waals surface area contributed by atoms with Crippen molar-refractivity contribution in [2.75, 3.05) is 13.1 Å². The topological polar surface area (TPSA) is 86.7 Å². The van der Waals surface area contributed by atoms with Crippen molar-refractivity contribution in [3.8, 4) is 0 Å². The summed E-state index contributed by atoms with van der Waals surface area (Å²) in [6, 6.07) is 15.1. The average Bonchev–Trinajstić information content (AvgIpc) is 2.66. The van der Waals surface area contributed by atoms with Crippen LogP contribution in [0.4, 0.5) is 0 Å². The van der Waals surface area contributed by atoms with Gasteiger partial charge in [-0.3, -0.25) is 14.4 Å². The molecule has 1 unspecified atom stereocenters. The third-order valence-electron chi connectivity index (χ3n) is 4.07. The van der Waals surface area contributed by atoms with E-state index in [0.29, 0.717) is 10.6 Å². The minimum absolute atomic E-state index is 0.0542. The molecule has 0 aliphatic heterocycles. The highest BCUT2D eigenvalue weighted by molar-refractivity contribution is 6.33. The summed E-state index contributed by atoms with van der Waals surface area (Å²) in [5, 5.41) is 12.1. The molecule has 0 saturated heterocycles. The van der Waals surface area contributed by atoms with Gasteiger partial charge in [0.1, 0.15) is 6.54 Å². The molecule has 0 heterocycles. The molecule has 2 amide bonds. The van der Waals surface area contributed by atoms with E-state index in [1.165, 1.54) is 4.90 Å². The molecule has 0 spiro atoms. The number of benzene rings is 2. The molecule has 0 bridgehead atoms. The first kappa shape index (κ1) is 20.5. The fourth-order valence-corrected chi connectivity index (χ4v) is 2.88. The van der Waals surface area contributed by atoms with Crippen molar-refractivity contribution in [1.29, 1.82) is 0 Å². The molecule has 27 heavy (non-hydrogen) atoms. The van der Waals surface area contributed by atoms with E-state index >= 15 is 0 Å². The van der Waals surface area contributed by atoms with E-state index in [0.717, 1.165) is 5.56 Å². The third-order valence-corrected chi connectivity index (χ3v) is 4.39. The van der Waals surface area contributed by atoms with E-state index < -0.39 is 17.9 Å². The first-order chi connectivity index (χ1) is 12.9. The number of nitrogens with one attached hydrogen (secondary N) is 1. The number of carbonyl (C=O) groups is 3. The number of amides is 2. The van der Waals surface area contributed by atoms with Crippen molar-refractivity contribution < 1.29 is 19.5 Å². The summed E-state index contributed by atoms with van der Waals surface area (Å²) in [5.41, 5.74) is 1.06. The van der Waals surface area contributed by atoms with Gasteiger partial charge in [0, 0.05) is 6.54 Å². The van der Waals surface area contributed by atoms with Gasteiger partial charge in [-0.2, -0.15) is 0 Å². The molecule has 0 aromatic heterocycles. The van der Waals surface area contributed by atoms with E-state index in [9.17, 15) is 14.4 Å². The van der Waals surface area contributed by atoms with Gasteiger partial charge in [-0.15, -0.1) is 0 Å². The van der Waals surface area contributed by atoms with Crippen LogP contribution in [0.1, 0.15) is 35.3 Å². The Hall–Kier alpha value is -2.86. The molecule has 2 N–H and O–H groups in total. The van der Waals surface area contributed by atoms with Crippen LogP contribution in [0, 0.1) is 0 Å². The highest BCUT2D eigenvalue weighted by Gasteiger charge is 2.23. The number of hydrogen-bond acceptors (Lipinski definition) is 3. The van der Waals surface area contributed by atoms with E-state index in [4.69, 9.17) is 16.7 Å². The molecule has 7 heteroatoms. The van der Waals surface area contributed by atoms with Crippen LogP contribution in [0.5, 0.6) is 0 Å². The van der Waals surface area contributed by atoms with Crippen LogP contribution in [0.15, 0.2) is 54.6 Å². The number of carboxylic acid groups (broad SMARTS) is 1. The lowest BCUT2D eigenvalue weighted by atomic mass is 10.0. The van der Waals surface area contributed by atoms with Crippen LogP contribution in [0.2, 0.25) is 5.02 Å². The zero-order valence-corrected chi connectivity index (χ0v) is 15.6. The van der Waals surface area contributed by atoms with Crippen LogP contribution >= 0.6 is 11.6 Å². The Bertz CT molecular complexity index is 811. The Morgan fingerprint density at radius 3 is 2.30 bits per heavy atom. The van der Waals surface area contributed by atoms with Gasteiger partial charge in [0.05, 0.1) is 23.0 Å². The van der Waals surface area contributed by atoms with E-state index in [1.54, 1.807) is 43.3 Å². The highest BCUT2D eigenvalue weighted by atomic mass is 35.5. The predicted octanol–water partition coefficient (Wildman–Crippen LogP) is 3.13. The van der Waals surface area contributed by atoms with Crippen LogP contribution < -0.4 is 5.32 Å². The second kappa shape index (κ2) is 9.73. The summed E-state index contributed by atoms with van der Waals surface area (Å²) in [7, 11) is 0. The summed E-state index contributed by atoms with van der Waals surface area (Å²) in [6.45, 7) is 1.60. The van der Waals surface area contributed by atoms with Crippen LogP contribution in [-0.2, 0) is 9.59 Å². The number of nitrogens with zero attached hydrogens (tertiary/aromatic N) is 1. The molecule has 6 nitrogen and oxygen atoms in total. The number of aliphatic carboxylic acids is 1. The van der Waals surface area contributed by atoms with Crippen LogP contribution in [0.25, 0.3) is 0 Å². The first-order valence-corrected chi connectivity index (χ1v) is 8.90. The Kier molecular flexibility index (Phi) is 7.37. The summed E-state index contributed by atoms with van der Waals surface area (Å²) in [4.78, 5) is 37.4. The van der Waals surface area contributed by atoms with E-state index in [-0.39, 0.29) is 25.4 Å². The molecule has 0 aliphatic carbocycles. The Labute approximate surface area is 162 Å². The quantitative estimate of drug-likeness (QED) is 0.727. The van der Waals surface area contributed by atoms with Gasteiger partial charge in [0.2, 0.25) is 5.91 Å². The maximum atomic E-state index is 12.6. The lowest BCUT2D eigenvalue weighted by molar-refractivity contribution is -0.144. The van der Waals surface area contributed by atoms with Gasteiger partial charge in [0.15, 0.2) is 0 Å². The van der Waals surface area contributed by atoms with Gasteiger partial charge in [-0.05, 0) is 24.6 Å². The minimum atomic E-state index is -1.08. The molecule has 0 fully saturated rings. The molecule has 142 valence electrons. The number of carbonyl (C=O) groups excluding carboxylic acids is 2. The number of carboxylic acids is 1. The second-order valence-electron chi connectivity index (χ2n) is 5.92. The average molecular weight is 389 g/mol. The number of hydrogen-bond donors (Lipinski definition) is 2. The van der Waals surface area contributed by atoms with Crippen LogP contribution in [-0.4, -0.2) is 40.9 Å². The number of rotatable bonds is 8. The van der Waals surface area contributed by atoms with Crippen molar-refractivity contribution in [3.05, 3.63) is 70.7 Å². The smallest absolute Gasteiger partial charge is 0.323 e. The van der Waals surface area contributed by atoms with Gasteiger partial charge in [0.25, 0.3) is 5.91 Å². The maximum Gasteiger partial charge on any atom is 0.323 e. The molecule has 0 aliphatic rings. The summed E-state index contributed by atoms with van der Waals surface area (Å²) in [5.74, 6) is -1.83. The minimum Gasteiger partial charge on any atom is -0.480 e. The van der Waals surface area contributed by atoms with Gasteiger partial charge in [-0.25, -0.2) is 0 Å². The van der Waals surface area contributed by atoms with Gasteiger partial charge in [-0.1, -0.05) is 54.1 Å². The maximum absolute atomic E-state index is 12.6. The monoisotopic (exact) mass is 388 g/mol. The normalized spacial score (nSPS) is 11.5. The molecule has 2 aromatic rings. The van der Waals surface area contributed by atoms with Gasteiger partial charge >= 0.3 is 5.97 Å². The largest absolute Gasteiger partial charge is 0.480 e. The standard InChI is InChI=1S/C20H21ClN2O4/c1-2-23(13-19(25)26)18(24)12-17(14-8-4-3-5-9-14)22-20(27)15-10-6-7-11-16(15)21/h3-11,17H,2,12-13H2,1H3,(H,22,27)(H,25,26). The predicted molar refractivity (Wildman–Crippen MR) is 103 cm³/mol. The molecule has 0 radical (unpaired) electrons. The Morgan fingerprint density at radius 1 is 1.07 bits per heavy atom. The lowest BCUT2D eigenvalue weighted by Crippen LogP contribution is -2.39. The van der Waals surface area contributed by atoms with E-state index in [1.807, 2.05) is 18.2 Å². The van der Waals surface area contributed by atoms with Crippen molar-refractivity contribution in [1.82, 2.24) is 10.2 Å². The van der Waals surface area contributed by atoms with Crippen molar-refractivity contribution in [2.24, 2.45) is 0 Å². The van der Waals surface area contributed by atoms with E-state index in [2.05, 4.69) is 5.32 Å². The van der Waals surface area contributed by atoms with Crippen LogP contribution in [0.3, 0.4) is 0 Å². The molecular formula is C20H21ClN2O4. The molecule has 0 saturated carbocycles.